The number of unbranched alkanes of at least 4 members (excludes halogenated alkanes) is 2. The summed E-state index contributed by atoms with van der Waals surface area (Å²) in [7, 11) is 3.35. The normalized spacial score (nSPS) is 12.4. The van der Waals surface area contributed by atoms with Crippen molar-refractivity contribution in [1.29, 1.82) is 0 Å². The number of methoxy groups -OCH3 is 2. The highest BCUT2D eigenvalue weighted by molar-refractivity contribution is 5.82. The summed E-state index contributed by atoms with van der Waals surface area (Å²) in [6.07, 6.45) is 6.34. The molecule has 0 saturated carbocycles. The molecule has 3 N–H and O–H groups in total. The van der Waals surface area contributed by atoms with Gasteiger partial charge in [-0.2, -0.15) is 0 Å². The number of hydrogen-bond acceptors (Lipinski definition) is 5. The number of carbonyl (C=O) groups is 2. The van der Waals surface area contributed by atoms with E-state index in [4.69, 9.17) is 19.9 Å². The Kier molecular flexibility index (Phi) is 13.6. The van der Waals surface area contributed by atoms with Gasteiger partial charge in [0.1, 0.15) is 0 Å². The fraction of sp³-hybridized carbons (Fsp3) is 0.704. The molecule has 0 bridgehead atoms. The summed E-state index contributed by atoms with van der Waals surface area (Å²) in [6.45, 7) is 9.55. The molecule has 0 fully saturated rings. The number of primary amides is 1. The molecule has 0 aliphatic carbocycles. The molecule has 1 unspecified atom stereocenters. The minimum Gasteiger partial charge on any atom is -0.493 e. The van der Waals surface area contributed by atoms with Crippen LogP contribution >= 0.6 is 0 Å². The van der Waals surface area contributed by atoms with Crippen LogP contribution in [0.5, 0.6) is 11.5 Å². The van der Waals surface area contributed by atoms with E-state index in [1.54, 1.807) is 28.1 Å². The monoisotopic (exact) mass is 478 g/mol. The lowest BCUT2D eigenvalue weighted by molar-refractivity contribution is -0.127. The quantitative estimate of drug-likeness (QED) is 0.303. The molecule has 34 heavy (non-hydrogen) atoms. The molecule has 0 radical (unpaired) electrons. The van der Waals surface area contributed by atoms with Crippen LogP contribution in [0.3, 0.4) is 0 Å². The SMILES string of the molecule is COCCCOc1cc(CC(CCCCCC(=O)NCC(C)(C)C(N)=O)C(C)C)ccc1OC. The van der Waals surface area contributed by atoms with Crippen LogP contribution in [0.4, 0.5) is 0 Å². The van der Waals surface area contributed by atoms with Crippen molar-refractivity contribution in [3.63, 3.8) is 0 Å². The molecular weight excluding hydrogens is 432 g/mol. The van der Waals surface area contributed by atoms with Crippen LogP contribution in [0, 0.1) is 17.3 Å². The van der Waals surface area contributed by atoms with Gasteiger partial charge in [-0.15, -0.1) is 0 Å². The van der Waals surface area contributed by atoms with Gasteiger partial charge < -0.3 is 25.3 Å². The zero-order chi connectivity index (χ0) is 25.6. The van der Waals surface area contributed by atoms with E-state index in [-0.39, 0.29) is 12.5 Å². The van der Waals surface area contributed by atoms with Gasteiger partial charge in [0.15, 0.2) is 11.5 Å². The molecule has 0 aliphatic heterocycles. The largest absolute Gasteiger partial charge is 0.493 e. The first kappa shape index (κ1) is 29.8. The number of hydrogen-bond donors (Lipinski definition) is 2. The second kappa shape index (κ2) is 15.6. The zero-order valence-corrected chi connectivity index (χ0v) is 22.1. The van der Waals surface area contributed by atoms with E-state index in [0.29, 0.717) is 31.5 Å². The summed E-state index contributed by atoms with van der Waals surface area (Å²) in [6, 6.07) is 6.20. The van der Waals surface area contributed by atoms with E-state index in [1.807, 2.05) is 6.07 Å². The lowest BCUT2D eigenvalue weighted by Gasteiger charge is -2.22. The zero-order valence-electron chi connectivity index (χ0n) is 22.1. The molecule has 0 spiro atoms. The fourth-order valence-corrected chi connectivity index (χ4v) is 3.68. The van der Waals surface area contributed by atoms with Crippen molar-refractivity contribution in [3.8, 4) is 11.5 Å². The van der Waals surface area contributed by atoms with Crippen LogP contribution in [0.25, 0.3) is 0 Å². The Bertz CT molecular complexity index is 749. The van der Waals surface area contributed by atoms with Crippen LogP contribution in [-0.2, 0) is 20.7 Å². The van der Waals surface area contributed by atoms with Crippen molar-refractivity contribution in [1.82, 2.24) is 5.32 Å². The highest BCUT2D eigenvalue weighted by Crippen LogP contribution is 2.31. The maximum Gasteiger partial charge on any atom is 0.224 e. The molecule has 0 aromatic heterocycles. The Morgan fingerprint density at radius 3 is 2.38 bits per heavy atom. The second-order valence-electron chi connectivity index (χ2n) is 10.0. The summed E-state index contributed by atoms with van der Waals surface area (Å²) in [4.78, 5) is 23.4. The number of ether oxygens (including phenoxy) is 3. The third-order valence-corrected chi connectivity index (χ3v) is 6.29. The topological polar surface area (TPSA) is 99.9 Å². The lowest BCUT2D eigenvalue weighted by atomic mass is 9.85. The number of benzene rings is 1. The van der Waals surface area contributed by atoms with Gasteiger partial charge >= 0.3 is 0 Å². The van der Waals surface area contributed by atoms with Crippen molar-refractivity contribution in [2.45, 2.75) is 72.6 Å². The smallest absolute Gasteiger partial charge is 0.224 e. The standard InChI is InChI=1S/C27H46N2O5/c1-20(2)22(11-8-7-9-12-25(30)29-19-27(3,4)26(28)31)17-21-13-14-23(33-6)24(18-21)34-16-10-15-32-5/h13-14,18,20,22H,7-12,15-17,19H2,1-6H3,(H2,28,31)(H,29,30). The minimum absolute atomic E-state index is 0.0222. The Morgan fingerprint density at radius 2 is 1.76 bits per heavy atom. The molecular formula is C27H46N2O5. The predicted octanol–water partition coefficient (Wildman–Crippen LogP) is 4.50. The molecule has 1 aromatic rings. The summed E-state index contributed by atoms with van der Waals surface area (Å²) in [5, 5.41) is 2.82. The summed E-state index contributed by atoms with van der Waals surface area (Å²) in [5.74, 6) is 2.22. The molecule has 7 nitrogen and oxygen atoms in total. The Hall–Kier alpha value is -2.28. The van der Waals surface area contributed by atoms with Crippen molar-refractivity contribution in [2.75, 3.05) is 34.0 Å². The highest BCUT2D eigenvalue weighted by Gasteiger charge is 2.25. The van der Waals surface area contributed by atoms with Crippen molar-refractivity contribution in [3.05, 3.63) is 23.8 Å². The van der Waals surface area contributed by atoms with Gasteiger partial charge in [-0.05, 0) is 62.6 Å². The molecule has 7 heteroatoms. The average Bonchev–Trinajstić information content (AvgIpc) is 2.79. The highest BCUT2D eigenvalue weighted by atomic mass is 16.5. The van der Waals surface area contributed by atoms with Crippen LogP contribution in [-0.4, -0.2) is 45.8 Å². The predicted molar refractivity (Wildman–Crippen MR) is 136 cm³/mol. The van der Waals surface area contributed by atoms with E-state index < -0.39 is 11.3 Å². The van der Waals surface area contributed by atoms with E-state index in [1.165, 1.54) is 5.56 Å². The average molecular weight is 479 g/mol. The van der Waals surface area contributed by atoms with E-state index in [9.17, 15) is 9.59 Å². The van der Waals surface area contributed by atoms with Crippen LogP contribution in [0.1, 0.15) is 71.8 Å². The van der Waals surface area contributed by atoms with Gasteiger partial charge in [0.25, 0.3) is 0 Å². The maximum atomic E-state index is 12.1. The number of nitrogens with one attached hydrogen (secondary N) is 1. The van der Waals surface area contributed by atoms with Crippen molar-refractivity contribution < 1.29 is 23.8 Å². The van der Waals surface area contributed by atoms with E-state index in [0.717, 1.165) is 50.0 Å². The molecule has 1 aromatic carbocycles. The van der Waals surface area contributed by atoms with Gasteiger partial charge in [-0.25, -0.2) is 0 Å². The molecule has 0 heterocycles. The number of nitrogens with two attached hydrogens (primary N) is 1. The Balaban J connectivity index is 2.48. The fourth-order valence-electron chi connectivity index (χ4n) is 3.68. The maximum absolute atomic E-state index is 12.1. The molecule has 1 atom stereocenters. The molecule has 0 saturated heterocycles. The van der Waals surface area contributed by atoms with Gasteiger partial charge in [-0.3, -0.25) is 9.59 Å². The second-order valence-corrected chi connectivity index (χ2v) is 10.0. The number of carbonyl (C=O) groups excluding carboxylic acids is 2. The third kappa shape index (κ3) is 11.2. The van der Waals surface area contributed by atoms with Gasteiger partial charge in [0.05, 0.1) is 19.1 Å². The Morgan fingerprint density at radius 1 is 1.03 bits per heavy atom. The van der Waals surface area contributed by atoms with Gasteiger partial charge in [0.2, 0.25) is 11.8 Å². The summed E-state index contributed by atoms with van der Waals surface area (Å²) < 4.78 is 16.5. The van der Waals surface area contributed by atoms with Gasteiger partial charge in [-0.1, -0.05) is 32.8 Å². The van der Waals surface area contributed by atoms with E-state index >= 15 is 0 Å². The summed E-state index contributed by atoms with van der Waals surface area (Å²) >= 11 is 0. The third-order valence-electron chi connectivity index (χ3n) is 6.29. The van der Waals surface area contributed by atoms with Crippen molar-refractivity contribution >= 4 is 11.8 Å². The molecule has 2 amide bonds. The van der Waals surface area contributed by atoms with Crippen LogP contribution in [0.2, 0.25) is 0 Å². The van der Waals surface area contributed by atoms with Gasteiger partial charge in [0, 0.05) is 33.1 Å². The molecule has 1 rings (SSSR count). The number of amides is 2. The molecule has 0 aliphatic rings. The summed E-state index contributed by atoms with van der Waals surface area (Å²) in [5.41, 5.74) is 5.87. The molecule has 194 valence electrons. The van der Waals surface area contributed by atoms with Crippen LogP contribution in [0.15, 0.2) is 18.2 Å². The number of rotatable bonds is 18. The van der Waals surface area contributed by atoms with Crippen LogP contribution < -0.4 is 20.5 Å². The minimum atomic E-state index is -0.726. The van der Waals surface area contributed by atoms with Crippen molar-refractivity contribution in [2.24, 2.45) is 23.0 Å². The van der Waals surface area contributed by atoms with E-state index in [2.05, 4.69) is 31.3 Å². The lowest BCUT2D eigenvalue weighted by Crippen LogP contribution is -2.42. The first-order chi connectivity index (χ1) is 16.1. The first-order valence-electron chi connectivity index (χ1n) is 12.5. The first-order valence-corrected chi connectivity index (χ1v) is 12.5. The Labute approximate surface area is 206 Å².